The summed E-state index contributed by atoms with van der Waals surface area (Å²) in [5.74, 6) is -0.524. The molecule has 1 rings (SSSR count). The number of amides is 1. The van der Waals surface area contributed by atoms with Crippen LogP contribution in [0.25, 0.3) is 0 Å². The molecule has 4 heteroatoms. The molecule has 0 saturated carbocycles. The average molecular weight is 125 g/mol. The second kappa shape index (κ2) is 2.30. The van der Waals surface area contributed by atoms with Crippen molar-refractivity contribution in [2.75, 3.05) is 0 Å². The van der Waals surface area contributed by atoms with Crippen molar-refractivity contribution >= 4 is 5.91 Å². The van der Waals surface area contributed by atoms with E-state index in [1.165, 1.54) is 19.1 Å². The normalized spacial score (nSPS) is 9.33. The molecule has 0 saturated heterocycles. The molecular formula is C5H5N2O2. The highest BCUT2D eigenvalue weighted by Gasteiger charge is 1.99. The maximum Gasteiger partial charge on any atom is 0.227 e. The molecule has 0 aliphatic carbocycles. The van der Waals surface area contributed by atoms with Gasteiger partial charge in [0.2, 0.25) is 5.91 Å². The summed E-state index contributed by atoms with van der Waals surface area (Å²) < 4.78 is 4.57. The number of primary amides is 1. The van der Waals surface area contributed by atoms with Crippen molar-refractivity contribution in [1.82, 2.24) is 4.98 Å². The maximum absolute atomic E-state index is 10.2. The molecule has 1 heterocycles. The summed E-state index contributed by atoms with van der Waals surface area (Å²) in [5.41, 5.74) is 5.25. The lowest BCUT2D eigenvalue weighted by Gasteiger charge is -1.83. The lowest BCUT2D eigenvalue weighted by Crippen LogP contribution is -2.11. The van der Waals surface area contributed by atoms with Crippen LogP contribution in [0, 0.1) is 6.42 Å². The zero-order valence-corrected chi connectivity index (χ0v) is 4.57. The molecule has 9 heavy (non-hydrogen) atoms. The van der Waals surface area contributed by atoms with Crippen LogP contribution in [0.5, 0.6) is 0 Å². The third-order valence-corrected chi connectivity index (χ3v) is 0.742. The zero-order chi connectivity index (χ0) is 6.69. The van der Waals surface area contributed by atoms with Gasteiger partial charge in [0, 0.05) is 0 Å². The van der Waals surface area contributed by atoms with Crippen molar-refractivity contribution in [3.63, 3.8) is 0 Å². The van der Waals surface area contributed by atoms with Crippen molar-refractivity contribution in [1.29, 1.82) is 0 Å². The first-order valence-electron chi connectivity index (χ1n) is 2.31. The minimum Gasteiger partial charge on any atom is -0.451 e. The first kappa shape index (κ1) is 5.81. The molecule has 0 spiro atoms. The van der Waals surface area contributed by atoms with Crippen LogP contribution in [0.4, 0.5) is 0 Å². The second-order valence-electron chi connectivity index (χ2n) is 1.46. The summed E-state index contributed by atoms with van der Waals surface area (Å²) in [5, 5.41) is 0. The summed E-state index contributed by atoms with van der Waals surface area (Å²) in [6, 6.07) is 0. The van der Waals surface area contributed by atoms with Gasteiger partial charge in [-0.05, 0) is 0 Å². The number of rotatable bonds is 2. The van der Waals surface area contributed by atoms with Gasteiger partial charge in [-0.2, -0.15) is 0 Å². The third kappa shape index (κ3) is 1.56. The summed E-state index contributed by atoms with van der Waals surface area (Å²) in [4.78, 5) is 13.8. The van der Waals surface area contributed by atoms with E-state index in [0.29, 0.717) is 5.69 Å². The lowest BCUT2D eigenvalue weighted by atomic mass is 10.3. The van der Waals surface area contributed by atoms with Crippen molar-refractivity contribution in [3.05, 3.63) is 24.8 Å². The number of oxazole rings is 1. The molecule has 0 unspecified atom stereocenters. The number of aromatic nitrogens is 1. The Labute approximate surface area is 51.7 Å². The molecular weight excluding hydrogens is 120 g/mol. The van der Waals surface area contributed by atoms with Crippen LogP contribution in [0.3, 0.4) is 0 Å². The van der Waals surface area contributed by atoms with Gasteiger partial charge in [0.25, 0.3) is 0 Å². The van der Waals surface area contributed by atoms with Gasteiger partial charge in [-0.1, -0.05) is 0 Å². The predicted octanol–water partition coefficient (Wildman–Crippen LogP) is -0.288. The SMILES string of the molecule is NC(=O)[CH]c1cocn1. The Morgan fingerprint density at radius 2 is 2.67 bits per heavy atom. The van der Waals surface area contributed by atoms with Crippen LogP contribution in [-0.2, 0) is 4.79 Å². The zero-order valence-electron chi connectivity index (χ0n) is 4.57. The molecule has 47 valence electrons. The van der Waals surface area contributed by atoms with E-state index < -0.39 is 5.91 Å². The van der Waals surface area contributed by atoms with Crippen LogP contribution >= 0.6 is 0 Å². The molecule has 2 N–H and O–H groups in total. The number of nitrogens with two attached hydrogens (primary N) is 1. The lowest BCUT2D eigenvalue weighted by molar-refractivity contribution is -0.114. The standard InChI is InChI=1S/C5H5N2O2/c6-5(8)1-4-2-9-3-7-4/h1-3H,(H2,6,8). The molecule has 1 aromatic heterocycles. The topological polar surface area (TPSA) is 69.1 Å². The predicted molar refractivity (Wildman–Crippen MR) is 29.1 cm³/mol. The minimum absolute atomic E-state index is 0.447. The van der Waals surface area contributed by atoms with Gasteiger partial charge in [-0.15, -0.1) is 0 Å². The van der Waals surface area contributed by atoms with E-state index in [1.807, 2.05) is 0 Å². The summed E-state index contributed by atoms with van der Waals surface area (Å²) >= 11 is 0. The van der Waals surface area contributed by atoms with Crippen LogP contribution in [0.2, 0.25) is 0 Å². The molecule has 0 aromatic carbocycles. The number of hydrogen-bond acceptors (Lipinski definition) is 3. The molecule has 0 atom stereocenters. The molecule has 0 bridgehead atoms. The van der Waals surface area contributed by atoms with Crippen LogP contribution in [-0.4, -0.2) is 10.9 Å². The van der Waals surface area contributed by atoms with Gasteiger partial charge < -0.3 is 10.2 Å². The van der Waals surface area contributed by atoms with Gasteiger partial charge in [-0.3, -0.25) is 4.79 Å². The maximum atomic E-state index is 10.2. The van der Waals surface area contributed by atoms with Crippen molar-refractivity contribution in [2.24, 2.45) is 5.73 Å². The highest BCUT2D eigenvalue weighted by Crippen LogP contribution is 1.95. The van der Waals surface area contributed by atoms with Gasteiger partial charge in [0.1, 0.15) is 12.7 Å². The van der Waals surface area contributed by atoms with Crippen molar-refractivity contribution < 1.29 is 9.21 Å². The highest BCUT2D eigenvalue weighted by atomic mass is 16.3. The number of hydrogen-bond donors (Lipinski definition) is 1. The highest BCUT2D eigenvalue weighted by molar-refractivity contribution is 5.85. The Morgan fingerprint density at radius 3 is 3.11 bits per heavy atom. The quantitative estimate of drug-likeness (QED) is 0.590. The first-order chi connectivity index (χ1) is 4.29. The third-order valence-electron chi connectivity index (χ3n) is 0.742. The Hall–Kier alpha value is -1.32. The van der Waals surface area contributed by atoms with E-state index in [2.05, 4.69) is 9.40 Å². The van der Waals surface area contributed by atoms with E-state index in [4.69, 9.17) is 5.73 Å². The van der Waals surface area contributed by atoms with E-state index in [1.54, 1.807) is 0 Å². The van der Waals surface area contributed by atoms with Gasteiger partial charge in [-0.25, -0.2) is 4.98 Å². The smallest absolute Gasteiger partial charge is 0.227 e. The van der Waals surface area contributed by atoms with E-state index in [0.717, 1.165) is 0 Å². The Balaban J connectivity index is 2.58. The number of carbonyl (C=O) groups excluding carboxylic acids is 1. The average Bonchev–Trinajstić information content (AvgIpc) is 2.15. The molecule has 1 radical (unpaired) electrons. The van der Waals surface area contributed by atoms with E-state index in [9.17, 15) is 4.79 Å². The fraction of sp³-hybridized carbons (Fsp3) is 0. The van der Waals surface area contributed by atoms with E-state index in [-0.39, 0.29) is 0 Å². The molecule has 4 nitrogen and oxygen atoms in total. The molecule has 1 amide bonds. The number of carbonyl (C=O) groups is 1. The summed E-state index contributed by atoms with van der Waals surface area (Å²) in [6.07, 6.45) is 3.75. The van der Waals surface area contributed by atoms with Crippen LogP contribution in [0.1, 0.15) is 5.69 Å². The van der Waals surface area contributed by atoms with Gasteiger partial charge in [0.15, 0.2) is 6.39 Å². The summed E-state index contributed by atoms with van der Waals surface area (Å²) in [6.45, 7) is 0. The fourth-order valence-electron chi connectivity index (χ4n) is 0.439. The first-order valence-corrected chi connectivity index (χ1v) is 2.31. The van der Waals surface area contributed by atoms with Crippen molar-refractivity contribution in [2.45, 2.75) is 0 Å². The van der Waals surface area contributed by atoms with E-state index >= 15 is 0 Å². The fourth-order valence-corrected chi connectivity index (χ4v) is 0.439. The monoisotopic (exact) mass is 125 g/mol. The molecule has 1 aromatic rings. The molecule has 0 fully saturated rings. The van der Waals surface area contributed by atoms with Gasteiger partial charge in [0.05, 0.1) is 5.69 Å². The van der Waals surface area contributed by atoms with Crippen molar-refractivity contribution in [3.8, 4) is 0 Å². The molecule has 0 aliphatic heterocycles. The Kier molecular flexibility index (Phi) is 1.48. The number of nitrogens with zero attached hydrogens (tertiary/aromatic N) is 1. The Bertz CT molecular complexity index is 193. The molecule has 0 aliphatic rings. The Morgan fingerprint density at radius 1 is 1.89 bits per heavy atom. The summed E-state index contributed by atoms with van der Waals surface area (Å²) in [7, 11) is 0. The van der Waals surface area contributed by atoms with Crippen LogP contribution in [0.15, 0.2) is 17.1 Å². The van der Waals surface area contributed by atoms with Gasteiger partial charge >= 0.3 is 0 Å². The van der Waals surface area contributed by atoms with Crippen LogP contribution < -0.4 is 5.73 Å². The minimum atomic E-state index is -0.524. The largest absolute Gasteiger partial charge is 0.451 e. The second-order valence-corrected chi connectivity index (χ2v) is 1.46.